The normalized spacial score (nSPS) is 10.6. The lowest BCUT2D eigenvalue weighted by Crippen LogP contribution is -2.32. The summed E-state index contributed by atoms with van der Waals surface area (Å²) in [5.74, 6) is 0.823. The maximum absolute atomic E-state index is 12.7. The van der Waals surface area contributed by atoms with E-state index in [9.17, 15) is 4.79 Å². The Morgan fingerprint density at radius 1 is 1.39 bits per heavy atom. The van der Waals surface area contributed by atoms with Crippen LogP contribution in [-0.2, 0) is 11.3 Å². The molecule has 0 radical (unpaired) electrons. The lowest BCUT2D eigenvalue weighted by Gasteiger charge is -2.20. The van der Waals surface area contributed by atoms with Gasteiger partial charge in [-0.2, -0.15) is 5.26 Å². The predicted octanol–water partition coefficient (Wildman–Crippen LogP) is 4.46. The molecule has 0 atom stereocenters. The second-order valence-corrected chi connectivity index (χ2v) is 7.40. The summed E-state index contributed by atoms with van der Waals surface area (Å²) in [6.45, 7) is 2.65. The van der Waals surface area contributed by atoms with Crippen molar-refractivity contribution in [3.05, 3.63) is 65.3 Å². The number of amides is 1. The molecule has 1 aromatic carbocycles. The third-order valence-electron chi connectivity index (χ3n) is 4.20. The summed E-state index contributed by atoms with van der Waals surface area (Å²) in [6, 6.07) is 11.4. The van der Waals surface area contributed by atoms with Gasteiger partial charge in [0.15, 0.2) is 5.16 Å². The number of imidazole rings is 1. The molecule has 28 heavy (non-hydrogen) atoms. The third-order valence-corrected chi connectivity index (χ3v) is 5.56. The first-order valence-electron chi connectivity index (χ1n) is 8.69. The van der Waals surface area contributed by atoms with Crippen LogP contribution in [0.5, 0.6) is 0 Å². The van der Waals surface area contributed by atoms with Crippen LogP contribution in [-0.4, -0.2) is 32.7 Å². The average Bonchev–Trinajstić information content (AvgIpc) is 3.37. The fraction of sp³-hybridized carbons (Fsp3) is 0.250. The highest BCUT2D eigenvalue weighted by Gasteiger charge is 2.17. The molecule has 0 saturated heterocycles. The zero-order valence-corrected chi connectivity index (χ0v) is 16.9. The van der Waals surface area contributed by atoms with Gasteiger partial charge >= 0.3 is 0 Å². The molecular formula is C20H19ClN4O2S. The van der Waals surface area contributed by atoms with Gasteiger partial charge in [0.2, 0.25) is 5.91 Å². The van der Waals surface area contributed by atoms with E-state index in [1.807, 2.05) is 42.0 Å². The van der Waals surface area contributed by atoms with Crippen molar-refractivity contribution in [2.75, 3.05) is 12.3 Å². The van der Waals surface area contributed by atoms with Gasteiger partial charge in [0.1, 0.15) is 5.76 Å². The summed E-state index contributed by atoms with van der Waals surface area (Å²) in [5.41, 5.74) is 1.88. The molecule has 0 N–H and O–H groups in total. The standard InChI is InChI=1S/C20H19ClN4O2S/c1-15-17(21)6-2-7-18(15)25-11-9-23-20(25)28-14-19(26)24(10-4-8-22)13-16-5-3-12-27-16/h2-3,5-7,9,11-12H,4,10,13-14H2,1H3. The van der Waals surface area contributed by atoms with Crippen LogP contribution < -0.4 is 0 Å². The van der Waals surface area contributed by atoms with Crippen molar-refractivity contribution in [1.82, 2.24) is 14.5 Å². The Hall–Kier alpha value is -2.69. The van der Waals surface area contributed by atoms with Gasteiger partial charge < -0.3 is 9.32 Å². The van der Waals surface area contributed by atoms with Gasteiger partial charge in [0.05, 0.1) is 36.7 Å². The largest absolute Gasteiger partial charge is 0.467 e. The van der Waals surface area contributed by atoms with Gasteiger partial charge in [0.25, 0.3) is 0 Å². The smallest absolute Gasteiger partial charge is 0.233 e. The molecule has 0 aliphatic heterocycles. The van der Waals surface area contributed by atoms with Crippen molar-refractivity contribution in [2.45, 2.75) is 25.0 Å². The fourth-order valence-electron chi connectivity index (χ4n) is 2.72. The van der Waals surface area contributed by atoms with Gasteiger partial charge in [-0.1, -0.05) is 29.4 Å². The summed E-state index contributed by atoms with van der Waals surface area (Å²) >= 11 is 7.58. The number of nitrogens with zero attached hydrogens (tertiary/aromatic N) is 4. The summed E-state index contributed by atoms with van der Waals surface area (Å²) in [5, 5.41) is 10.3. The molecule has 0 aliphatic rings. The molecular weight excluding hydrogens is 396 g/mol. The molecule has 2 heterocycles. The number of halogens is 1. The first-order valence-corrected chi connectivity index (χ1v) is 10.0. The minimum atomic E-state index is -0.0750. The van der Waals surface area contributed by atoms with E-state index in [4.69, 9.17) is 21.3 Å². The molecule has 0 spiro atoms. The first-order chi connectivity index (χ1) is 13.6. The van der Waals surface area contributed by atoms with Crippen LogP contribution in [0, 0.1) is 18.3 Å². The number of aromatic nitrogens is 2. The lowest BCUT2D eigenvalue weighted by molar-refractivity contribution is -0.129. The van der Waals surface area contributed by atoms with Crippen LogP contribution in [0.15, 0.2) is 58.6 Å². The molecule has 3 rings (SSSR count). The molecule has 0 unspecified atom stereocenters. The van der Waals surface area contributed by atoms with Crippen LogP contribution in [0.25, 0.3) is 5.69 Å². The van der Waals surface area contributed by atoms with Crippen LogP contribution in [0.2, 0.25) is 5.02 Å². The molecule has 1 amide bonds. The molecule has 0 bridgehead atoms. The number of benzene rings is 1. The number of hydrogen-bond donors (Lipinski definition) is 0. The van der Waals surface area contributed by atoms with Crippen molar-refractivity contribution in [3.8, 4) is 11.8 Å². The van der Waals surface area contributed by atoms with Crippen molar-refractivity contribution in [1.29, 1.82) is 5.26 Å². The minimum absolute atomic E-state index is 0.0750. The van der Waals surface area contributed by atoms with Crippen LogP contribution >= 0.6 is 23.4 Å². The van der Waals surface area contributed by atoms with Crippen LogP contribution in [0.3, 0.4) is 0 Å². The number of carbonyl (C=O) groups excluding carboxylic acids is 1. The summed E-state index contributed by atoms with van der Waals surface area (Å²) in [6.07, 6.45) is 5.39. The molecule has 0 fully saturated rings. The lowest BCUT2D eigenvalue weighted by atomic mass is 10.2. The quantitative estimate of drug-likeness (QED) is 0.508. The number of nitriles is 1. The van der Waals surface area contributed by atoms with Gasteiger partial charge in [-0.15, -0.1) is 0 Å². The molecule has 8 heteroatoms. The number of carbonyl (C=O) groups is 1. The molecule has 0 saturated carbocycles. The molecule has 144 valence electrons. The van der Waals surface area contributed by atoms with E-state index in [2.05, 4.69) is 11.1 Å². The van der Waals surface area contributed by atoms with Gasteiger partial charge in [-0.05, 0) is 36.8 Å². The number of rotatable bonds is 8. The zero-order valence-electron chi connectivity index (χ0n) is 15.3. The monoisotopic (exact) mass is 414 g/mol. The molecule has 2 aromatic heterocycles. The Kier molecular flexibility index (Phi) is 6.80. The van der Waals surface area contributed by atoms with E-state index in [0.29, 0.717) is 29.0 Å². The van der Waals surface area contributed by atoms with Crippen molar-refractivity contribution in [2.24, 2.45) is 0 Å². The van der Waals surface area contributed by atoms with Crippen LogP contribution in [0.1, 0.15) is 17.7 Å². The minimum Gasteiger partial charge on any atom is -0.467 e. The number of hydrogen-bond acceptors (Lipinski definition) is 5. The highest BCUT2D eigenvalue weighted by atomic mass is 35.5. The molecule has 6 nitrogen and oxygen atoms in total. The summed E-state index contributed by atoms with van der Waals surface area (Å²) in [4.78, 5) is 18.7. The van der Waals surface area contributed by atoms with E-state index in [1.54, 1.807) is 23.4 Å². The van der Waals surface area contributed by atoms with E-state index < -0.39 is 0 Å². The Labute approximate surface area is 172 Å². The first kappa shape index (κ1) is 20.1. The number of furan rings is 1. The molecule has 3 aromatic rings. The van der Waals surface area contributed by atoms with Gasteiger partial charge in [0, 0.05) is 24.0 Å². The van der Waals surface area contributed by atoms with Crippen molar-refractivity contribution >= 4 is 29.3 Å². The van der Waals surface area contributed by atoms with E-state index >= 15 is 0 Å². The van der Waals surface area contributed by atoms with E-state index in [0.717, 1.165) is 11.3 Å². The van der Waals surface area contributed by atoms with Crippen molar-refractivity contribution in [3.63, 3.8) is 0 Å². The maximum Gasteiger partial charge on any atom is 0.233 e. The summed E-state index contributed by atoms with van der Waals surface area (Å²) in [7, 11) is 0. The number of thioether (sulfide) groups is 1. The summed E-state index contributed by atoms with van der Waals surface area (Å²) < 4.78 is 7.26. The SMILES string of the molecule is Cc1c(Cl)cccc1-n1ccnc1SCC(=O)N(CCC#N)Cc1ccco1. The Bertz CT molecular complexity index is 979. The van der Waals surface area contributed by atoms with Crippen LogP contribution in [0.4, 0.5) is 0 Å². The van der Waals surface area contributed by atoms with Gasteiger partial charge in [-0.25, -0.2) is 4.98 Å². The second-order valence-electron chi connectivity index (χ2n) is 6.06. The van der Waals surface area contributed by atoms with E-state index in [1.165, 1.54) is 11.8 Å². The average molecular weight is 415 g/mol. The maximum atomic E-state index is 12.7. The second kappa shape index (κ2) is 9.49. The third kappa shape index (κ3) is 4.77. The zero-order chi connectivity index (χ0) is 19.9. The highest BCUT2D eigenvalue weighted by Crippen LogP contribution is 2.26. The Balaban J connectivity index is 1.71. The van der Waals surface area contributed by atoms with Gasteiger partial charge in [-0.3, -0.25) is 9.36 Å². The Morgan fingerprint density at radius 2 is 2.25 bits per heavy atom. The fourth-order valence-corrected chi connectivity index (χ4v) is 3.76. The highest BCUT2D eigenvalue weighted by molar-refractivity contribution is 7.99. The predicted molar refractivity (Wildman–Crippen MR) is 108 cm³/mol. The molecule has 0 aliphatic carbocycles. The topological polar surface area (TPSA) is 75.1 Å². The Morgan fingerprint density at radius 3 is 3.00 bits per heavy atom. The van der Waals surface area contributed by atoms with Crippen molar-refractivity contribution < 1.29 is 9.21 Å². The van der Waals surface area contributed by atoms with E-state index in [-0.39, 0.29) is 18.1 Å².